The van der Waals surface area contributed by atoms with Crippen molar-refractivity contribution in [2.24, 2.45) is 7.05 Å². The van der Waals surface area contributed by atoms with Crippen LogP contribution >= 0.6 is 0 Å². The summed E-state index contributed by atoms with van der Waals surface area (Å²) in [5.74, 6) is -8.55. The molecule has 1 saturated carbocycles. The summed E-state index contributed by atoms with van der Waals surface area (Å²) in [7, 11) is 0.977. The molecule has 0 spiro atoms. The van der Waals surface area contributed by atoms with Gasteiger partial charge in [0.05, 0.1) is 23.4 Å². The van der Waals surface area contributed by atoms with E-state index >= 15 is 4.39 Å². The molecule has 3 aromatic rings. The molecule has 1 N–H and O–H groups in total. The molecule has 39 heavy (non-hydrogen) atoms. The Labute approximate surface area is 211 Å². The van der Waals surface area contributed by atoms with E-state index < -0.39 is 70.2 Å². The SMILES string of the molecule is Cn1nc(C(F)(F)C(F)(F)F)c2c1-n1ncc(-c3ccc(C(F)(F)F)c(C(=O)NC4(C#N)CC4)c3)c1C(F)O2. The Balaban J connectivity index is 1.62. The number of nitriles is 1. The van der Waals surface area contributed by atoms with Crippen LogP contribution in [0, 0.1) is 11.3 Å². The third-order valence-electron chi connectivity index (χ3n) is 6.27. The van der Waals surface area contributed by atoms with Crippen LogP contribution in [0.2, 0.25) is 0 Å². The highest BCUT2D eigenvalue weighted by molar-refractivity contribution is 5.98. The van der Waals surface area contributed by atoms with Gasteiger partial charge in [-0.3, -0.25) is 4.79 Å². The fourth-order valence-electron chi connectivity index (χ4n) is 4.13. The molecule has 0 bridgehead atoms. The number of carbonyl (C=O) groups excluding carboxylic acids is 1. The van der Waals surface area contributed by atoms with Crippen molar-refractivity contribution in [3.05, 3.63) is 46.9 Å². The largest absolute Gasteiger partial charge is 0.459 e. The lowest BCUT2D eigenvalue weighted by molar-refractivity contribution is -0.291. The van der Waals surface area contributed by atoms with Crippen molar-refractivity contribution in [2.75, 3.05) is 0 Å². The molecule has 1 aromatic carbocycles. The molecule has 1 atom stereocenters. The van der Waals surface area contributed by atoms with Crippen LogP contribution in [0.3, 0.4) is 0 Å². The fourth-order valence-corrected chi connectivity index (χ4v) is 4.13. The number of halogens is 9. The minimum Gasteiger partial charge on any atom is -0.448 e. The summed E-state index contributed by atoms with van der Waals surface area (Å²) >= 11 is 0. The van der Waals surface area contributed by atoms with Crippen LogP contribution in [0.1, 0.15) is 46.5 Å². The molecule has 0 saturated heterocycles. The van der Waals surface area contributed by atoms with E-state index in [1.807, 2.05) is 6.07 Å². The highest BCUT2D eigenvalue weighted by Crippen LogP contribution is 2.51. The van der Waals surface area contributed by atoms with Crippen LogP contribution in [0.5, 0.6) is 5.75 Å². The molecule has 1 fully saturated rings. The minimum absolute atomic E-state index is 0.186. The minimum atomic E-state index is -6.08. The molecule has 17 heteroatoms. The van der Waals surface area contributed by atoms with Crippen molar-refractivity contribution in [3.63, 3.8) is 0 Å². The van der Waals surface area contributed by atoms with Gasteiger partial charge in [-0.2, -0.15) is 55.0 Å². The van der Waals surface area contributed by atoms with Crippen LogP contribution < -0.4 is 10.1 Å². The van der Waals surface area contributed by atoms with Gasteiger partial charge in [0.15, 0.2) is 17.3 Å². The molecule has 1 aliphatic heterocycles. The van der Waals surface area contributed by atoms with Crippen LogP contribution in [-0.2, 0) is 19.1 Å². The van der Waals surface area contributed by atoms with Gasteiger partial charge in [0, 0.05) is 12.6 Å². The van der Waals surface area contributed by atoms with E-state index in [1.165, 1.54) is 0 Å². The van der Waals surface area contributed by atoms with Crippen molar-refractivity contribution < 1.29 is 49.0 Å². The van der Waals surface area contributed by atoms with E-state index in [1.54, 1.807) is 0 Å². The smallest absolute Gasteiger partial charge is 0.448 e. The molecular weight excluding hydrogens is 551 g/mol. The Morgan fingerprint density at radius 2 is 1.85 bits per heavy atom. The number of nitrogens with one attached hydrogen (secondary N) is 1. The molecule has 206 valence electrons. The van der Waals surface area contributed by atoms with E-state index in [2.05, 4.69) is 15.5 Å². The molecule has 1 unspecified atom stereocenters. The van der Waals surface area contributed by atoms with Gasteiger partial charge in [0.2, 0.25) is 0 Å². The first-order valence-corrected chi connectivity index (χ1v) is 10.9. The van der Waals surface area contributed by atoms with Gasteiger partial charge in [0.25, 0.3) is 12.3 Å². The maximum absolute atomic E-state index is 15.2. The molecule has 2 aromatic heterocycles. The molecule has 8 nitrogen and oxygen atoms in total. The number of benzene rings is 1. The third kappa shape index (κ3) is 4.05. The molecule has 2 aliphatic rings. The summed E-state index contributed by atoms with van der Waals surface area (Å²) in [4.78, 5) is 12.7. The monoisotopic (exact) mass is 564 g/mol. The average Bonchev–Trinajstić information content (AvgIpc) is 3.32. The molecule has 5 rings (SSSR count). The number of aryl methyl sites for hydroxylation is 1. The van der Waals surface area contributed by atoms with Crippen LogP contribution in [0.25, 0.3) is 16.9 Å². The Morgan fingerprint density at radius 3 is 2.41 bits per heavy atom. The van der Waals surface area contributed by atoms with Crippen molar-refractivity contribution in [3.8, 4) is 28.8 Å². The Bertz CT molecular complexity index is 1540. The number of alkyl halides is 9. The lowest BCUT2D eigenvalue weighted by Gasteiger charge is -2.24. The second-order valence-corrected chi connectivity index (χ2v) is 8.89. The van der Waals surface area contributed by atoms with Crippen molar-refractivity contribution in [1.29, 1.82) is 5.26 Å². The maximum atomic E-state index is 15.2. The highest BCUT2D eigenvalue weighted by Gasteiger charge is 2.63. The number of hydrogen-bond donors (Lipinski definition) is 1. The van der Waals surface area contributed by atoms with Crippen LogP contribution in [0.4, 0.5) is 39.5 Å². The quantitative estimate of drug-likeness (QED) is 0.446. The number of rotatable bonds is 4. The number of ether oxygens (including phenoxy) is 1. The van der Waals surface area contributed by atoms with E-state index in [-0.39, 0.29) is 24.0 Å². The first kappa shape index (κ1) is 26.4. The third-order valence-corrected chi connectivity index (χ3v) is 6.27. The summed E-state index contributed by atoms with van der Waals surface area (Å²) in [6, 6.07) is 4.03. The molecule has 1 aliphatic carbocycles. The number of amides is 1. The van der Waals surface area contributed by atoms with Crippen LogP contribution in [-0.4, -0.2) is 37.2 Å². The summed E-state index contributed by atoms with van der Waals surface area (Å²) in [5.41, 5.74) is -6.44. The zero-order chi connectivity index (χ0) is 28.7. The molecule has 3 heterocycles. The summed E-state index contributed by atoms with van der Waals surface area (Å²) in [5, 5.41) is 18.4. The summed E-state index contributed by atoms with van der Waals surface area (Å²) in [6.45, 7) is 0. The lowest BCUT2D eigenvalue weighted by Crippen LogP contribution is -2.36. The number of carbonyl (C=O) groups is 1. The zero-order valence-corrected chi connectivity index (χ0v) is 19.3. The number of aromatic nitrogens is 4. The predicted molar refractivity (Wildman–Crippen MR) is 110 cm³/mol. The molecule has 1 amide bonds. The lowest BCUT2D eigenvalue weighted by atomic mass is 9.97. The first-order chi connectivity index (χ1) is 18.0. The number of nitrogens with zero attached hydrogens (tertiary/aromatic N) is 5. The van der Waals surface area contributed by atoms with Crippen molar-refractivity contribution in [1.82, 2.24) is 24.9 Å². The number of fused-ring (bicyclic) bond motifs is 3. The van der Waals surface area contributed by atoms with E-state index in [0.717, 1.165) is 25.4 Å². The predicted octanol–water partition coefficient (Wildman–Crippen LogP) is 5.09. The van der Waals surface area contributed by atoms with E-state index in [0.29, 0.717) is 15.4 Å². The highest BCUT2D eigenvalue weighted by atomic mass is 19.4. The van der Waals surface area contributed by atoms with Gasteiger partial charge in [-0.15, -0.1) is 0 Å². The zero-order valence-electron chi connectivity index (χ0n) is 19.3. The van der Waals surface area contributed by atoms with Crippen LogP contribution in [0.15, 0.2) is 24.4 Å². The second kappa shape index (κ2) is 8.13. The van der Waals surface area contributed by atoms with E-state index in [4.69, 9.17) is 4.74 Å². The van der Waals surface area contributed by atoms with Gasteiger partial charge >= 0.3 is 18.3 Å². The topological polar surface area (TPSA) is 97.8 Å². The average molecular weight is 564 g/mol. The fraction of sp³-hybridized carbons (Fsp3) is 0.364. The Kier molecular flexibility index (Phi) is 5.50. The number of hydrogen-bond acceptors (Lipinski definition) is 5. The molecule has 0 radical (unpaired) electrons. The Hall–Kier alpha value is -4.23. The van der Waals surface area contributed by atoms with Gasteiger partial charge in [-0.1, -0.05) is 6.07 Å². The van der Waals surface area contributed by atoms with Crippen molar-refractivity contribution >= 4 is 5.91 Å². The van der Waals surface area contributed by atoms with Gasteiger partial charge < -0.3 is 10.1 Å². The van der Waals surface area contributed by atoms with Gasteiger partial charge in [0.1, 0.15) is 11.2 Å². The Morgan fingerprint density at radius 1 is 1.18 bits per heavy atom. The first-order valence-electron chi connectivity index (χ1n) is 10.9. The molecular formula is C22H13F9N6O2. The summed E-state index contributed by atoms with van der Waals surface area (Å²) < 4.78 is 129. The standard InChI is InChI=1S/C22H13F9N6O2/c1-36-18-14(15(35-36)20(24,25)22(29,30)31)39-16(23)13-11(7-33-37(13)18)9-2-3-12(21(26,27)28)10(6-9)17(38)34-19(8-32)4-5-19/h2-3,6-7,16H,4-5H2,1H3,(H,34,38). The van der Waals surface area contributed by atoms with E-state index in [9.17, 15) is 45.2 Å². The normalized spacial score (nSPS) is 18.0. The second-order valence-electron chi connectivity index (χ2n) is 8.89. The van der Waals surface area contributed by atoms with Crippen molar-refractivity contribution in [2.45, 2.75) is 43.0 Å². The summed E-state index contributed by atoms with van der Waals surface area (Å²) in [6.07, 6.45) is -12.4. The van der Waals surface area contributed by atoms with Gasteiger partial charge in [-0.05, 0) is 30.5 Å². The maximum Gasteiger partial charge on any atom is 0.459 e. The van der Waals surface area contributed by atoms with Gasteiger partial charge in [-0.25, -0.2) is 9.36 Å².